The van der Waals surface area contributed by atoms with Crippen molar-refractivity contribution in [2.24, 2.45) is 0 Å². The molecule has 0 radical (unpaired) electrons. The van der Waals surface area contributed by atoms with Crippen LogP contribution in [0, 0.1) is 0 Å². The predicted octanol–water partition coefficient (Wildman–Crippen LogP) is 3.71. The Kier molecular flexibility index (Phi) is 4.98. The zero-order chi connectivity index (χ0) is 16.3. The summed E-state index contributed by atoms with van der Waals surface area (Å²) < 4.78 is 0.866. The molecule has 0 saturated heterocycles. The summed E-state index contributed by atoms with van der Waals surface area (Å²) in [6, 6.07) is 14.6. The molecule has 2 aromatic carbocycles. The maximum Gasteiger partial charge on any atom is 0.258 e. The van der Waals surface area contributed by atoms with E-state index in [1.807, 2.05) is 36.4 Å². The molecule has 2 aromatic rings. The molecule has 22 heavy (non-hydrogen) atoms. The summed E-state index contributed by atoms with van der Waals surface area (Å²) in [7, 11) is 3.45. The molecular formula is C17H17BrN2O2. The molecule has 0 bridgehead atoms. The zero-order valence-electron chi connectivity index (χ0n) is 12.7. The van der Waals surface area contributed by atoms with Crippen molar-refractivity contribution < 1.29 is 9.59 Å². The molecule has 4 nitrogen and oxygen atoms in total. The summed E-state index contributed by atoms with van der Waals surface area (Å²) in [6.07, 6.45) is 0. The number of benzene rings is 2. The number of halogens is 1. The molecule has 0 saturated carbocycles. The Morgan fingerprint density at radius 2 is 1.45 bits per heavy atom. The topological polar surface area (TPSA) is 40.6 Å². The molecule has 114 valence electrons. The van der Waals surface area contributed by atoms with Crippen molar-refractivity contribution in [2.45, 2.75) is 6.92 Å². The summed E-state index contributed by atoms with van der Waals surface area (Å²) in [5.41, 5.74) is 2.17. The molecule has 5 heteroatoms. The Balaban J connectivity index is 2.21. The van der Waals surface area contributed by atoms with Gasteiger partial charge in [0.1, 0.15) is 0 Å². The Morgan fingerprint density at radius 1 is 0.909 bits per heavy atom. The third-order valence-electron chi connectivity index (χ3n) is 3.47. The van der Waals surface area contributed by atoms with Crippen LogP contribution in [0.2, 0.25) is 0 Å². The van der Waals surface area contributed by atoms with E-state index in [1.54, 1.807) is 36.0 Å². The highest BCUT2D eigenvalue weighted by molar-refractivity contribution is 9.10. The van der Waals surface area contributed by atoms with Crippen LogP contribution >= 0.6 is 15.9 Å². The van der Waals surface area contributed by atoms with E-state index >= 15 is 0 Å². The molecule has 0 atom stereocenters. The highest BCUT2D eigenvalue weighted by Crippen LogP contribution is 2.21. The number of nitrogens with zero attached hydrogens (tertiary/aromatic N) is 2. The lowest BCUT2D eigenvalue weighted by Gasteiger charge is -2.20. The monoisotopic (exact) mass is 360 g/mol. The SMILES string of the molecule is CC(=O)N(C)c1ccc(N(C)C(=O)c2cccc(Br)c2)cc1. The lowest BCUT2D eigenvalue weighted by atomic mass is 10.2. The smallest absolute Gasteiger partial charge is 0.258 e. The zero-order valence-corrected chi connectivity index (χ0v) is 14.3. The highest BCUT2D eigenvalue weighted by atomic mass is 79.9. The van der Waals surface area contributed by atoms with Crippen LogP contribution in [0.3, 0.4) is 0 Å². The summed E-state index contributed by atoms with van der Waals surface area (Å²) in [5.74, 6) is -0.125. The van der Waals surface area contributed by atoms with Gasteiger partial charge in [-0.15, -0.1) is 0 Å². The fourth-order valence-corrected chi connectivity index (χ4v) is 2.41. The summed E-state index contributed by atoms with van der Waals surface area (Å²) in [4.78, 5) is 26.9. The Morgan fingerprint density at radius 3 is 1.95 bits per heavy atom. The van der Waals surface area contributed by atoms with E-state index < -0.39 is 0 Å². The van der Waals surface area contributed by atoms with Gasteiger partial charge >= 0.3 is 0 Å². The third-order valence-corrected chi connectivity index (χ3v) is 3.97. The number of anilines is 2. The second-order valence-corrected chi connectivity index (χ2v) is 5.88. The molecule has 2 amide bonds. The van der Waals surface area contributed by atoms with Crippen LogP contribution in [-0.4, -0.2) is 25.9 Å². The molecule has 0 N–H and O–H groups in total. The quantitative estimate of drug-likeness (QED) is 0.836. The fourth-order valence-electron chi connectivity index (χ4n) is 2.01. The van der Waals surface area contributed by atoms with Gasteiger partial charge in [-0.05, 0) is 42.5 Å². The van der Waals surface area contributed by atoms with Gasteiger partial charge in [0.2, 0.25) is 5.91 Å². The lowest BCUT2D eigenvalue weighted by Crippen LogP contribution is -2.26. The van der Waals surface area contributed by atoms with E-state index in [0.717, 1.165) is 15.8 Å². The number of hydrogen-bond donors (Lipinski definition) is 0. The van der Waals surface area contributed by atoms with Crippen LogP contribution in [0.15, 0.2) is 53.0 Å². The lowest BCUT2D eigenvalue weighted by molar-refractivity contribution is -0.116. The van der Waals surface area contributed by atoms with Crippen molar-refractivity contribution in [1.29, 1.82) is 0 Å². The molecule has 0 spiro atoms. The van der Waals surface area contributed by atoms with E-state index in [9.17, 15) is 9.59 Å². The normalized spacial score (nSPS) is 10.2. The van der Waals surface area contributed by atoms with Crippen molar-refractivity contribution in [2.75, 3.05) is 23.9 Å². The summed E-state index contributed by atoms with van der Waals surface area (Å²) in [6.45, 7) is 1.51. The van der Waals surface area contributed by atoms with E-state index in [-0.39, 0.29) is 11.8 Å². The molecule has 0 aromatic heterocycles. The average molecular weight is 361 g/mol. The van der Waals surface area contributed by atoms with Crippen molar-refractivity contribution >= 4 is 39.1 Å². The summed E-state index contributed by atoms with van der Waals surface area (Å²) >= 11 is 3.37. The molecule has 0 unspecified atom stereocenters. The van der Waals surface area contributed by atoms with Gasteiger partial charge in [-0.2, -0.15) is 0 Å². The highest BCUT2D eigenvalue weighted by Gasteiger charge is 2.14. The minimum atomic E-state index is -0.0889. The van der Waals surface area contributed by atoms with Crippen molar-refractivity contribution in [1.82, 2.24) is 0 Å². The van der Waals surface area contributed by atoms with E-state index in [4.69, 9.17) is 0 Å². The standard InChI is InChI=1S/C17H17BrN2O2/c1-12(21)19(2)15-7-9-16(10-8-15)20(3)17(22)13-5-4-6-14(18)11-13/h4-11H,1-3H3. The first-order valence-corrected chi connectivity index (χ1v) is 7.57. The maximum absolute atomic E-state index is 12.5. The molecule has 0 fully saturated rings. The molecule has 0 aliphatic rings. The predicted molar refractivity (Wildman–Crippen MR) is 92.4 cm³/mol. The number of amides is 2. The fraction of sp³-hybridized carbons (Fsp3) is 0.176. The van der Waals surface area contributed by atoms with Crippen LogP contribution in [-0.2, 0) is 4.79 Å². The van der Waals surface area contributed by atoms with E-state index in [0.29, 0.717) is 5.56 Å². The Bertz CT molecular complexity index is 698. The average Bonchev–Trinajstić information content (AvgIpc) is 2.52. The minimum Gasteiger partial charge on any atom is -0.316 e. The maximum atomic E-state index is 12.5. The van der Waals surface area contributed by atoms with Crippen LogP contribution in [0.25, 0.3) is 0 Å². The van der Waals surface area contributed by atoms with Gasteiger partial charge in [-0.25, -0.2) is 0 Å². The van der Waals surface area contributed by atoms with E-state index in [2.05, 4.69) is 15.9 Å². The molecular weight excluding hydrogens is 344 g/mol. The van der Waals surface area contributed by atoms with Crippen molar-refractivity contribution in [3.05, 3.63) is 58.6 Å². The number of carbonyl (C=O) groups is 2. The van der Waals surface area contributed by atoms with Gasteiger partial charge < -0.3 is 9.80 Å². The second-order valence-electron chi connectivity index (χ2n) is 4.97. The number of carbonyl (C=O) groups excluding carboxylic acids is 2. The van der Waals surface area contributed by atoms with Gasteiger partial charge in [-0.3, -0.25) is 9.59 Å². The second kappa shape index (κ2) is 6.75. The van der Waals surface area contributed by atoms with Gasteiger partial charge in [0.05, 0.1) is 0 Å². The Hall–Kier alpha value is -2.14. The summed E-state index contributed by atoms with van der Waals surface area (Å²) in [5, 5.41) is 0. The largest absolute Gasteiger partial charge is 0.316 e. The molecule has 0 aliphatic carbocycles. The first-order chi connectivity index (χ1) is 10.4. The van der Waals surface area contributed by atoms with Crippen LogP contribution in [0.5, 0.6) is 0 Å². The van der Waals surface area contributed by atoms with Crippen molar-refractivity contribution in [3.63, 3.8) is 0 Å². The first-order valence-electron chi connectivity index (χ1n) is 6.78. The minimum absolute atomic E-state index is 0.0358. The third kappa shape index (κ3) is 3.54. The Labute approximate surface area is 138 Å². The first kappa shape index (κ1) is 16.2. The van der Waals surface area contributed by atoms with Gasteiger partial charge in [-0.1, -0.05) is 22.0 Å². The molecule has 0 aliphatic heterocycles. The van der Waals surface area contributed by atoms with Gasteiger partial charge in [0, 0.05) is 42.4 Å². The van der Waals surface area contributed by atoms with Crippen molar-refractivity contribution in [3.8, 4) is 0 Å². The van der Waals surface area contributed by atoms with Crippen LogP contribution in [0.4, 0.5) is 11.4 Å². The van der Waals surface area contributed by atoms with Crippen LogP contribution in [0.1, 0.15) is 17.3 Å². The van der Waals surface area contributed by atoms with Gasteiger partial charge in [0.25, 0.3) is 5.91 Å². The number of rotatable bonds is 3. The molecule has 2 rings (SSSR count). The van der Waals surface area contributed by atoms with Crippen LogP contribution < -0.4 is 9.80 Å². The number of hydrogen-bond acceptors (Lipinski definition) is 2. The van der Waals surface area contributed by atoms with Gasteiger partial charge in [0.15, 0.2) is 0 Å². The van der Waals surface area contributed by atoms with E-state index in [1.165, 1.54) is 6.92 Å². The molecule has 0 heterocycles.